The number of hydrogen-bond donors (Lipinski definition) is 0. The number of anilines is 1. The van der Waals surface area contributed by atoms with Gasteiger partial charge in [-0.2, -0.15) is 0 Å². The highest BCUT2D eigenvalue weighted by Gasteiger charge is 2.26. The quantitative estimate of drug-likeness (QED) is 0.776. The second kappa shape index (κ2) is 4.97. The largest absolute Gasteiger partial charge is 0.377 e. The first kappa shape index (κ1) is 13.5. The first-order chi connectivity index (χ1) is 8.38. The van der Waals surface area contributed by atoms with E-state index in [4.69, 9.17) is 16.3 Å². The van der Waals surface area contributed by atoms with Crippen molar-refractivity contribution in [2.24, 2.45) is 0 Å². The number of rotatable bonds is 2. The topological polar surface area (TPSA) is 38.2 Å². The molecule has 100 valence electrons. The third kappa shape index (κ3) is 2.90. The number of aromatic nitrogens is 2. The first-order valence-electron chi connectivity index (χ1n) is 5.96. The Morgan fingerprint density at radius 2 is 2.22 bits per heavy atom. The van der Waals surface area contributed by atoms with E-state index in [2.05, 4.69) is 14.9 Å². The van der Waals surface area contributed by atoms with Crippen LogP contribution in [0.25, 0.3) is 0 Å². The molecule has 1 fully saturated rings. The zero-order valence-corrected chi connectivity index (χ0v) is 11.5. The lowest BCUT2D eigenvalue weighted by Gasteiger charge is -2.34. The Morgan fingerprint density at radius 3 is 2.83 bits per heavy atom. The van der Waals surface area contributed by atoms with E-state index in [0.717, 1.165) is 6.54 Å². The lowest BCUT2D eigenvalue weighted by atomic mass is 10.1. The molecule has 0 spiro atoms. The number of ether oxygens (including phenoxy) is 1. The summed E-state index contributed by atoms with van der Waals surface area (Å²) in [6.45, 7) is 6.95. The summed E-state index contributed by atoms with van der Waals surface area (Å²) in [5.74, 6) is 0.659. The average molecular weight is 274 g/mol. The molecule has 0 amide bonds. The van der Waals surface area contributed by atoms with E-state index in [1.165, 1.54) is 13.8 Å². The van der Waals surface area contributed by atoms with Crippen LogP contribution in [0.2, 0.25) is 5.28 Å². The average Bonchev–Trinajstić information content (AvgIpc) is 2.27. The van der Waals surface area contributed by atoms with Gasteiger partial charge in [-0.15, -0.1) is 0 Å². The number of halogens is 2. The van der Waals surface area contributed by atoms with Crippen LogP contribution in [-0.2, 0) is 10.4 Å². The molecule has 1 atom stereocenters. The molecule has 2 rings (SSSR count). The van der Waals surface area contributed by atoms with E-state index in [1.54, 1.807) is 6.07 Å². The molecule has 0 N–H and O–H groups in total. The molecule has 1 aromatic heterocycles. The van der Waals surface area contributed by atoms with Gasteiger partial charge < -0.3 is 9.64 Å². The van der Waals surface area contributed by atoms with Crippen LogP contribution in [0.5, 0.6) is 0 Å². The fourth-order valence-electron chi connectivity index (χ4n) is 1.92. The minimum atomic E-state index is -1.53. The predicted octanol–water partition coefficient (Wildman–Crippen LogP) is 2.56. The Balaban J connectivity index is 2.35. The Bertz CT molecular complexity index is 436. The zero-order valence-electron chi connectivity index (χ0n) is 10.8. The molecule has 0 aliphatic carbocycles. The summed E-state index contributed by atoms with van der Waals surface area (Å²) < 4.78 is 19.3. The third-order valence-electron chi connectivity index (χ3n) is 2.96. The number of morpholine rings is 1. The normalized spacial score (nSPS) is 21.2. The van der Waals surface area contributed by atoms with Crippen LogP contribution in [0.4, 0.5) is 10.2 Å². The van der Waals surface area contributed by atoms with Crippen molar-refractivity contribution in [2.75, 3.05) is 24.7 Å². The van der Waals surface area contributed by atoms with Crippen molar-refractivity contribution in [3.63, 3.8) is 0 Å². The van der Waals surface area contributed by atoms with Crippen molar-refractivity contribution < 1.29 is 9.13 Å². The smallest absolute Gasteiger partial charge is 0.224 e. The highest BCUT2D eigenvalue weighted by atomic mass is 35.5. The SMILES string of the molecule is C[C@@H]1COCCN1c1cc(C(C)(C)F)nc(Cl)n1. The standard InChI is InChI=1S/C12H17ClFN3O/c1-8-7-18-5-4-17(8)10-6-9(12(2,3)14)15-11(13)16-10/h6,8H,4-5,7H2,1-3H3/t8-/m1/s1. The zero-order chi connectivity index (χ0) is 13.3. The maximum absolute atomic E-state index is 14.0. The van der Waals surface area contributed by atoms with Gasteiger partial charge in [0.25, 0.3) is 0 Å². The molecule has 0 radical (unpaired) electrons. The fraction of sp³-hybridized carbons (Fsp3) is 0.667. The Labute approximate surface area is 111 Å². The van der Waals surface area contributed by atoms with Crippen molar-refractivity contribution in [1.82, 2.24) is 9.97 Å². The molecule has 0 saturated carbocycles. The van der Waals surface area contributed by atoms with Crippen LogP contribution in [-0.4, -0.2) is 35.8 Å². The van der Waals surface area contributed by atoms with Gasteiger partial charge in [0.1, 0.15) is 11.5 Å². The van der Waals surface area contributed by atoms with Crippen LogP contribution in [0.3, 0.4) is 0 Å². The molecule has 18 heavy (non-hydrogen) atoms. The molecule has 1 aromatic rings. The number of hydrogen-bond acceptors (Lipinski definition) is 4. The third-order valence-corrected chi connectivity index (χ3v) is 3.13. The Morgan fingerprint density at radius 1 is 1.50 bits per heavy atom. The molecule has 4 nitrogen and oxygen atoms in total. The van der Waals surface area contributed by atoms with E-state index in [-0.39, 0.29) is 11.3 Å². The van der Waals surface area contributed by atoms with Gasteiger partial charge in [-0.1, -0.05) is 0 Å². The molecule has 1 saturated heterocycles. The summed E-state index contributed by atoms with van der Waals surface area (Å²) in [5, 5.41) is 0.0758. The summed E-state index contributed by atoms with van der Waals surface area (Å²) in [4.78, 5) is 10.2. The number of nitrogens with zero attached hydrogens (tertiary/aromatic N) is 3. The van der Waals surface area contributed by atoms with Gasteiger partial charge in [-0.25, -0.2) is 14.4 Å². The lowest BCUT2D eigenvalue weighted by molar-refractivity contribution is 0.0984. The summed E-state index contributed by atoms with van der Waals surface area (Å²) >= 11 is 5.88. The summed E-state index contributed by atoms with van der Waals surface area (Å²) in [6, 6.07) is 1.86. The summed E-state index contributed by atoms with van der Waals surface area (Å²) in [6.07, 6.45) is 0. The molecule has 0 aromatic carbocycles. The van der Waals surface area contributed by atoms with E-state index >= 15 is 0 Å². The van der Waals surface area contributed by atoms with Gasteiger partial charge in [-0.05, 0) is 32.4 Å². The minimum Gasteiger partial charge on any atom is -0.377 e. The fourth-order valence-corrected chi connectivity index (χ4v) is 2.10. The van der Waals surface area contributed by atoms with Gasteiger partial charge in [0, 0.05) is 12.6 Å². The molecule has 0 unspecified atom stereocenters. The summed E-state index contributed by atoms with van der Waals surface area (Å²) in [5.41, 5.74) is -1.23. The Hall–Kier alpha value is -0.940. The highest BCUT2D eigenvalue weighted by molar-refractivity contribution is 6.28. The Kier molecular flexibility index (Phi) is 3.73. The van der Waals surface area contributed by atoms with Crippen molar-refractivity contribution in [3.05, 3.63) is 17.0 Å². The van der Waals surface area contributed by atoms with Crippen LogP contribution in [0.15, 0.2) is 6.07 Å². The van der Waals surface area contributed by atoms with Gasteiger partial charge in [-0.3, -0.25) is 0 Å². The molecule has 0 bridgehead atoms. The first-order valence-corrected chi connectivity index (χ1v) is 6.34. The second-order valence-corrected chi connectivity index (χ2v) is 5.31. The number of alkyl halides is 1. The van der Waals surface area contributed by atoms with Gasteiger partial charge >= 0.3 is 0 Å². The molecule has 1 aliphatic rings. The maximum atomic E-state index is 14.0. The van der Waals surface area contributed by atoms with Crippen molar-refractivity contribution >= 4 is 17.4 Å². The van der Waals surface area contributed by atoms with Crippen molar-refractivity contribution in [3.8, 4) is 0 Å². The van der Waals surface area contributed by atoms with Gasteiger partial charge in [0.2, 0.25) is 5.28 Å². The molecule has 6 heteroatoms. The highest BCUT2D eigenvalue weighted by Crippen LogP contribution is 2.28. The van der Waals surface area contributed by atoms with Crippen LogP contribution < -0.4 is 4.90 Å². The monoisotopic (exact) mass is 273 g/mol. The second-order valence-electron chi connectivity index (χ2n) is 4.97. The van der Waals surface area contributed by atoms with Crippen LogP contribution >= 0.6 is 11.6 Å². The minimum absolute atomic E-state index is 0.0758. The predicted molar refractivity (Wildman–Crippen MR) is 68.8 cm³/mol. The van der Waals surface area contributed by atoms with E-state index in [9.17, 15) is 4.39 Å². The molecular formula is C12H17ClFN3O. The van der Waals surface area contributed by atoms with Crippen LogP contribution in [0.1, 0.15) is 26.5 Å². The van der Waals surface area contributed by atoms with E-state index in [0.29, 0.717) is 24.7 Å². The van der Waals surface area contributed by atoms with Crippen molar-refractivity contribution in [1.29, 1.82) is 0 Å². The molecule has 2 heterocycles. The molecule has 1 aliphatic heterocycles. The summed E-state index contributed by atoms with van der Waals surface area (Å²) in [7, 11) is 0. The maximum Gasteiger partial charge on any atom is 0.224 e. The van der Waals surface area contributed by atoms with Gasteiger partial charge in [0.05, 0.1) is 24.9 Å². The van der Waals surface area contributed by atoms with Crippen molar-refractivity contribution in [2.45, 2.75) is 32.5 Å². The van der Waals surface area contributed by atoms with E-state index < -0.39 is 5.67 Å². The lowest BCUT2D eigenvalue weighted by Crippen LogP contribution is -2.44. The molecular weight excluding hydrogens is 257 g/mol. The van der Waals surface area contributed by atoms with Crippen LogP contribution in [0, 0.1) is 0 Å². The van der Waals surface area contributed by atoms with Gasteiger partial charge in [0.15, 0.2) is 0 Å². The van der Waals surface area contributed by atoms with E-state index in [1.807, 2.05) is 6.92 Å².